The molecule has 0 aromatic carbocycles. The molecule has 7 heteroatoms. The lowest BCUT2D eigenvalue weighted by atomic mass is 9.92. The highest BCUT2D eigenvalue weighted by Gasteiger charge is 2.27. The van der Waals surface area contributed by atoms with Gasteiger partial charge in [-0.2, -0.15) is 0 Å². The summed E-state index contributed by atoms with van der Waals surface area (Å²) in [5, 5.41) is 21.8. The van der Waals surface area contributed by atoms with E-state index in [1.54, 1.807) is 0 Å². The standard InChI is InChI=1S/C13H22N4O2S/c1-3-6-14-13-16-15-11(20-13)12(19)17-7-4-10(5-8-17)9(2)18/h9-10,18H,3-8H2,1-2H3,(H,14,16). The van der Waals surface area contributed by atoms with Crippen LogP contribution >= 0.6 is 11.3 Å². The summed E-state index contributed by atoms with van der Waals surface area (Å²) in [7, 11) is 0. The highest BCUT2D eigenvalue weighted by Crippen LogP contribution is 2.23. The quantitative estimate of drug-likeness (QED) is 0.863. The van der Waals surface area contributed by atoms with Crippen molar-refractivity contribution in [2.45, 2.75) is 39.2 Å². The van der Waals surface area contributed by atoms with Crippen molar-refractivity contribution < 1.29 is 9.90 Å². The number of rotatable bonds is 5. The molecule has 1 aromatic heterocycles. The van der Waals surface area contributed by atoms with Crippen LogP contribution in [-0.4, -0.2) is 51.8 Å². The van der Waals surface area contributed by atoms with E-state index in [4.69, 9.17) is 0 Å². The van der Waals surface area contributed by atoms with Gasteiger partial charge in [-0.1, -0.05) is 18.3 Å². The number of amides is 1. The van der Waals surface area contributed by atoms with Crippen molar-refractivity contribution in [3.63, 3.8) is 0 Å². The highest BCUT2D eigenvalue weighted by molar-refractivity contribution is 7.17. The number of aliphatic hydroxyl groups is 1. The number of nitrogens with one attached hydrogen (secondary N) is 1. The molecule has 0 saturated carbocycles. The van der Waals surface area contributed by atoms with Gasteiger partial charge in [0.2, 0.25) is 10.1 Å². The Hall–Kier alpha value is -1.21. The summed E-state index contributed by atoms with van der Waals surface area (Å²) >= 11 is 1.31. The number of aliphatic hydroxyl groups excluding tert-OH is 1. The summed E-state index contributed by atoms with van der Waals surface area (Å²) in [5.41, 5.74) is 0. The number of carbonyl (C=O) groups is 1. The van der Waals surface area contributed by atoms with Crippen molar-refractivity contribution in [3.05, 3.63) is 5.01 Å². The van der Waals surface area contributed by atoms with E-state index in [2.05, 4.69) is 22.4 Å². The molecule has 1 fully saturated rings. The van der Waals surface area contributed by atoms with E-state index in [0.717, 1.165) is 25.8 Å². The Morgan fingerprint density at radius 2 is 2.20 bits per heavy atom. The second-order valence-electron chi connectivity index (χ2n) is 5.21. The molecule has 2 N–H and O–H groups in total. The van der Waals surface area contributed by atoms with Crippen molar-refractivity contribution in [3.8, 4) is 0 Å². The van der Waals surface area contributed by atoms with Crippen LogP contribution in [0.25, 0.3) is 0 Å². The summed E-state index contributed by atoms with van der Waals surface area (Å²) < 4.78 is 0. The third kappa shape index (κ3) is 3.67. The van der Waals surface area contributed by atoms with Crippen LogP contribution in [-0.2, 0) is 0 Å². The van der Waals surface area contributed by atoms with E-state index >= 15 is 0 Å². The zero-order valence-electron chi connectivity index (χ0n) is 12.0. The topological polar surface area (TPSA) is 78.4 Å². The van der Waals surface area contributed by atoms with Gasteiger partial charge in [-0.05, 0) is 32.1 Å². The molecule has 0 aliphatic carbocycles. The predicted molar refractivity (Wildman–Crippen MR) is 79.0 cm³/mol. The number of aromatic nitrogens is 2. The molecule has 1 amide bonds. The average molecular weight is 298 g/mol. The minimum Gasteiger partial charge on any atom is -0.393 e. The number of nitrogens with zero attached hydrogens (tertiary/aromatic N) is 3. The van der Waals surface area contributed by atoms with Gasteiger partial charge < -0.3 is 15.3 Å². The fourth-order valence-electron chi connectivity index (χ4n) is 2.33. The van der Waals surface area contributed by atoms with E-state index in [1.165, 1.54) is 11.3 Å². The van der Waals surface area contributed by atoms with Gasteiger partial charge in [0, 0.05) is 19.6 Å². The average Bonchev–Trinajstić information content (AvgIpc) is 2.93. The molecule has 1 unspecified atom stereocenters. The van der Waals surface area contributed by atoms with Gasteiger partial charge >= 0.3 is 0 Å². The van der Waals surface area contributed by atoms with Crippen LogP contribution in [0.2, 0.25) is 0 Å². The molecule has 112 valence electrons. The van der Waals surface area contributed by atoms with E-state index in [-0.39, 0.29) is 12.0 Å². The minimum atomic E-state index is -0.293. The third-order valence-corrected chi connectivity index (χ3v) is 4.51. The Kier molecular flexibility index (Phi) is 5.31. The fraction of sp³-hybridized carbons (Fsp3) is 0.769. The van der Waals surface area contributed by atoms with Crippen molar-refractivity contribution in [2.75, 3.05) is 25.0 Å². The van der Waals surface area contributed by atoms with Crippen LogP contribution in [0.1, 0.15) is 42.9 Å². The van der Waals surface area contributed by atoms with Crippen LogP contribution < -0.4 is 5.32 Å². The van der Waals surface area contributed by atoms with Gasteiger partial charge in [0.05, 0.1) is 6.10 Å². The molecular weight excluding hydrogens is 276 g/mol. The van der Waals surface area contributed by atoms with Crippen LogP contribution in [0, 0.1) is 5.92 Å². The third-order valence-electron chi connectivity index (χ3n) is 3.64. The summed E-state index contributed by atoms with van der Waals surface area (Å²) in [5.74, 6) is 0.256. The molecule has 20 heavy (non-hydrogen) atoms. The van der Waals surface area contributed by atoms with Crippen LogP contribution in [0.5, 0.6) is 0 Å². The first-order valence-corrected chi connectivity index (χ1v) is 7.98. The van der Waals surface area contributed by atoms with Gasteiger partial charge in [-0.15, -0.1) is 10.2 Å². The fourth-order valence-corrected chi connectivity index (χ4v) is 3.07. The van der Waals surface area contributed by atoms with Gasteiger partial charge in [0.25, 0.3) is 5.91 Å². The number of hydrogen-bond acceptors (Lipinski definition) is 6. The van der Waals surface area contributed by atoms with E-state index < -0.39 is 0 Å². The lowest BCUT2D eigenvalue weighted by molar-refractivity contribution is 0.0520. The largest absolute Gasteiger partial charge is 0.393 e. The zero-order valence-corrected chi connectivity index (χ0v) is 12.8. The Morgan fingerprint density at radius 3 is 2.80 bits per heavy atom. The summed E-state index contributed by atoms with van der Waals surface area (Å²) in [4.78, 5) is 14.1. The normalized spacial score (nSPS) is 18.1. The maximum atomic E-state index is 12.3. The van der Waals surface area contributed by atoms with Crippen molar-refractivity contribution in [2.24, 2.45) is 5.92 Å². The summed E-state index contributed by atoms with van der Waals surface area (Å²) in [6.07, 6.45) is 2.42. The smallest absolute Gasteiger partial charge is 0.284 e. The van der Waals surface area contributed by atoms with Gasteiger partial charge in [0.15, 0.2) is 0 Å². The Bertz CT molecular complexity index is 441. The number of anilines is 1. The number of piperidine rings is 1. The molecule has 1 saturated heterocycles. The molecule has 1 aliphatic rings. The highest BCUT2D eigenvalue weighted by atomic mass is 32.1. The molecule has 2 rings (SSSR count). The van der Waals surface area contributed by atoms with Crippen LogP contribution in [0.3, 0.4) is 0 Å². The van der Waals surface area contributed by atoms with Crippen molar-refractivity contribution >= 4 is 22.4 Å². The number of likely N-dealkylation sites (tertiary alicyclic amines) is 1. The Balaban J connectivity index is 1.90. The maximum absolute atomic E-state index is 12.3. The molecule has 0 spiro atoms. The van der Waals surface area contributed by atoms with Gasteiger partial charge in [-0.25, -0.2) is 0 Å². The van der Waals surface area contributed by atoms with E-state index in [9.17, 15) is 9.90 Å². The second kappa shape index (κ2) is 6.99. The maximum Gasteiger partial charge on any atom is 0.284 e. The molecule has 6 nitrogen and oxygen atoms in total. The molecule has 1 aliphatic heterocycles. The SMILES string of the molecule is CCCNc1nnc(C(=O)N2CCC(C(C)O)CC2)s1. The van der Waals surface area contributed by atoms with Crippen molar-refractivity contribution in [1.82, 2.24) is 15.1 Å². The Morgan fingerprint density at radius 1 is 1.50 bits per heavy atom. The minimum absolute atomic E-state index is 0.0453. The molecular formula is C13H22N4O2S. The Labute approximate surface area is 123 Å². The number of carbonyl (C=O) groups excluding carboxylic acids is 1. The first-order valence-electron chi connectivity index (χ1n) is 7.16. The monoisotopic (exact) mass is 298 g/mol. The van der Waals surface area contributed by atoms with Crippen LogP contribution in [0.15, 0.2) is 0 Å². The van der Waals surface area contributed by atoms with Gasteiger partial charge in [0.1, 0.15) is 0 Å². The lowest BCUT2D eigenvalue weighted by Gasteiger charge is -2.32. The molecule has 1 atom stereocenters. The first kappa shape index (κ1) is 15.2. The van der Waals surface area contributed by atoms with E-state index in [0.29, 0.717) is 29.1 Å². The molecule has 1 aromatic rings. The second-order valence-corrected chi connectivity index (χ2v) is 6.19. The lowest BCUT2D eigenvalue weighted by Crippen LogP contribution is -2.40. The predicted octanol–water partition coefficient (Wildman–Crippen LogP) is 1.59. The number of hydrogen-bond donors (Lipinski definition) is 2. The van der Waals surface area contributed by atoms with Crippen LogP contribution in [0.4, 0.5) is 5.13 Å². The zero-order chi connectivity index (χ0) is 14.5. The van der Waals surface area contributed by atoms with E-state index in [1.807, 2.05) is 11.8 Å². The summed E-state index contributed by atoms with van der Waals surface area (Å²) in [6, 6.07) is 0. The summed E-state index contributed by atoms with van der Waals surface area (Å²) in [6.45, 7) is 6.10. The molecule has 0 bridgehead atoms. The van der Waals surface area contributed by atoms with Gasteiger partial charge in [-0.3, -0.25) is 4.79 Å². The molecule has 2 heterocycles. The van der Waals surface area contributed by atoms with Crippen molar-refractivity contribution in [1.29, 1.82) is 0 Å². The molecule has 0 radical (unpaired) electrons. The first-order chi connectivity index (χ1) is 9.61.